The molecule has 1 heterocycles. The number of ether oxygens (including phenoxy) is 1. The molecular weight excluding hydrogens is 228 g/mol. The van der Waals surface area contributed by atoms with E-state index >= 15 is 0 Å². The van der Waals surface area contributed by atoms with Crippen molar-refractivity contribution in [3.8, 4) is 0 Å². The van der Waals surface area contributed by atoms with Gasteiger partial charge in [0.1, 0.15) is 0 Å². The zero-order valence-electron chi connectivity index (χ0n) is 12.2. The van der Waals surface area contributed by atoms with Crippen LogP contribution < -0.4 is 5.73 Å². The Bertz CT molecular complexity index is 279. The molecule has 0 radical (unpaired) electrons. The summed E-state index contributed by atoms with van der Waals surface area (Å²) in [4.78, 5) is 14.5. The van der Waals surface area contributed by atoms with Gasteiger partial charge in [0.15, 0.2) is 0 Å². The summed E-state index contributed by atoms with van der Waals surface area (Å²) in [5.41, 5.74) is 5.73. The summed E-state index contributed by atoms with van der Waals surface area (Å²) in [5, 5.41) is 0. The maximum Gasteiger partial charge on any atom is 0.228 e. The fourth-order valence-corrected chi connectivity index (χ4v) is 2.49. The second kappa shape index (κ2) is 6.53. The lowest BCUT2D eigenvalue weighted by Gasteiger charge is -2.33. The van der Waals surface area contributed by atoms with E-state index in [1.807, 2.05) is 11.8 Å². The molecular formula is C14H28N2O2. The van der Waals surface area contributed by atoms with Gasteiger partial charge in [-0.05, 0) is 31.7 Å². The SMILES string of the molecule is CCC1OCCC1C(=O)N(CC)CC(C)(C)CN. The third-order valence-electron chi connectivity index (χ3n) is 3.79. The molecule has 1 saturated heterocycles. The molecule has 18 heavy (non-hydrogen) atoms. The van der Waals surface area contributed by atoms with E-state index in [0.29, 0.717) is 13.2 Å². The van der Waals surface area contributed by atoms with Crippen molar-refractivity contribution in [2.75, 3.05) is 26.2 Å². The van der Waals surface area contributed by atoms with Crippen LogP contribution in [0.5, 0.6) is 0 Å². The van der Waals surface area contributed by atoms with Gasteiger partial charge < -0.3 is 15.4 Å². The molecule has 106 valence electrons. The normalized spacial score (nSPS) is 24.3. The number of nitrogens with two attached hydrogens (primary N) is 1. The largest absolute Gasteiger partial charge is 0.377 e. The van der Waals surface area contributed by atoms with Crippen molar-refractivity contribution in [2.45, 2.75) is 46.6 Å². The Balaban J connectivity index is 2.67. The summed E-state index contributed by atoms with van der Waals surface area (Å²) in [6, 6.07) is 0. The van der Waals surface area contributed by atoms with Gasteiger partial charge in [-0.1, -0.05) is 20.8 Å². The van der Waals surface area contributed by atoms with E-state index in [1.165, 1.54) is 0 Å². The first-order chi connectivity index (χ1) is 8.45. The third-order valence-corrected chi connectivity index (χ3v) is 3.79. The monoisotopic (exact) mass is 256 g/mol. The Morgan fingerprint density at radius 1 is 1.44 bits per heavy atom. The first-order valence-electron chi connectivity index (χ1n) is 7.05. The summed E-state index contributed by atoms with van der Waals surface area (Å²) in [6.07, 6.45) is 1.87. The molecule has 1 fully saturated rings. The molecule has 0 aliphatic carbocycles. The van der Waals surface area contributed by atoms with Crippen LogP contribution in [0.3, 0.4) is 0 Å². The van der Waals surface area contributed by atoms with Gasteiger partial charge in [-0.15, -0.1) is 0 Å². The fourth-order valence-electron chi connectivity index (χ4n) is 2.49. The van der Waals surface area contributed by atoms with Gasteiger partial charge in [0.2, 0.25) is 5.91 Å². The number of nitrogens with zero attached hydrogens (tertiary/aromatic N) is 1. The highest BCUT2D eigenvalue weighted by Crippen LogP contribution is 2.26. The molecule has 1 aliphatic rings. The standard InChI is InChI=1S/C14H28N2O2/c1-5-12-11(7-8-18-12)13(17)16(6-2)10-14(3,4)9-15/h11-12H,5-10,15H2,1-4H3. The molecule has 0 saturated carbocycles. The second-order valence-corrected chi connectivity index (χ2v) is 5.93. The van der Waals surface area contributed by atoms with Crippen LogP contribution in [0.2, 0.25) is 0 Å². The number of hydrogen-bond acceptors (Lipinski definition) is 3. The van der Waals surface area contributed by atoms with Crippen LogP contribution in [0.25, 0.3) is 0 Å². The van der Waals surface area contributed by atoms with Gasteiger partial charge in [-0.3, -0.25) is 4.79 Å². The van der Waals surface area contributed by atoms with Gasteiger partial charge in [-0.2, -0.15) is 0 Å². The Morgan fingerprint density at radius 2 is 2.11 bits per heavy atom. The van der Waals surface area contributed by atoms with Crippen LogP contribution in [0, 0.1) is 11.3 Å². The number of hydrogen-bond donors (Lipinski definition) is 1. The molecule has 2 unspecified atom stereocenters. The first kappa shape index (κ1) is 15.4. The second-order valence-electron chi connectivity index (χ2n) is 5.93. The van der Waals surface area contributed by atoms with Crippen molar-refractivity contribution in [3.63, 3.8) is 0 Å². The summed E-state index contributed by atoms with van der Waals surface area (Å²) < 4.78 is 5.61. The third kappa shape index (κ3) is 3.69. The van der Waals surface area contributed by atoms with Gasteiger partial charge in [0.25, 0.3) is 0 Å². The minimum Gasteiger partial charge on any atom is -0.377 e. The van der Waals surface area contributed by atoms with E-state index in [2.05, 4.69) is 20.8 Å². The number of rotatable bonds is 6. The average Bonchev–Trinajstić information content (AvgIpc) is 2.83. The molecule has 1 amide bonds. The van der Waals surface area contributed by atoms with Crippen molar-refractivity contribution in [3.05, 3.63) is 0 Å². The van der Waals surface area contributed by atoms with E-state index in [9.17, 15) is 4.79 Å². The summed E-state index contributed by atoms with van der Waals surface area (Å²) in [7, 11) is 0. The van der Waals surface area contributed by atoms with Gasteiger partial charge in [-0.25, -0.2) is 0 Å². The zero-order valence-corrected chi connectivity index (χ0v) is 12.2. The van der Waals surface area contributed by atoms with Crippen LogP contribution in [-0.4, -0.2) is 43.2 Å². The summed E-state index contributed by atoms with van der Waals surface area (Å²) in [6.45, 7) is 11.1. The Hall–Kier alpha value is -0.610. The minimum absolute atomic E-state index is 0.0210. The number of amides is 1. The van der Waals surface area contributed by atoms with Gasteiger partial charge in [0, 0.05) is 19.7 Å². The van der Waals surface area contributed by atoms with E-state index in [-0.39, 0.29) is 23.3 Å². The van der Waals surface area contributed by atoms with Crippen molar-refractivity contribution in [1.29, 1.82) is 0 Å². The highest BCUT2D eigenvalue weighted by Gasteiger charge is 2.36. The van der Waals surface area contributed by atoms with E-state index in [0.717, 1.165) is 25.9 Å². The lowest BCUT2D eigenvalue weighted by atomic mass is 9.91. The quantitative estimate of drug-likeness (QED) is 0.786. The topological polar surface area (TPSA) is 55.6 Å². The summed E-state index contributed by atoms with van der Waals surface area (Å²) >= 11 is 0. The minimum atomic E-state index is -0.0210. The molecule has 1 aliphatic heterocycles. The number of carbonyl (C=O) groups is 1. The molecule has 0 aromatic heterocycles. The highest BCUT2D eigenvalue weighted by atomic mass is 16.5. The van der Waals surface area contributed by atoms with Crippen molar-refractivity contribution in [1.82, 2.24) is 4.90 Å². The molecule has 0 spiro atoms. The molecule has 1 rings (SSSR count). The maximum atomic E-state index is 12.5. The lowest BCUT2D eigenvalue weighted by molar-refractivity contribution is -0.138. The highest BCUT2D eigenvalue weighted by molar-refractivity contribution is 5.79. The first-order valence-corrected chi connectivity index (χ1v) is 7.05. The van der Waals surface area contributed by atoms with Crippen molar-refractivity contribution < 1.29 is 9.53 Å². The van der Waals surface area contributed by atoms with Crippen LogP contribution in [0.15, 0.2) is 0 Å². The predicted molar refractivity (Wildman–Crippen MR) is 73.2 cm³/mol. The molecule has 4 nitrogen and oxygen atoms in total. The molecule has 0 aromatic carbocycles. The Kier molecular flexibility index (Phi) is 5.60. The molecule has 2 atom stereocenters. The molecule has 2 N–H and O–H groups in total. The van der Waals surface area contributed by atoms with Crippen LogP contribution >= 0.6 is 0 Å². The maximum absolute atomic E-state index is 12.5. The molecule has 0 aromatic rings. The van der Waals surface area contributed by atoms with E-state index in [4.69, 9.17) is 10.5 Å². The van der Waals surface area contributed by atoms with E-state index in [1.54, 1.807) is 0 Å². The Labute approximate surface area is 111 Å². The molecule has 4 heteroatoms. The summed E-state index contributed by atoms with van der Waals surface area (Å²) in [5.74, 6) is 0.284. The molecule has 0 bridgehead atoms. The van der Waals surface area contributed by atoms with Crippen molar-refractivity contribution >= 4 is 5.91 Å². The smallest absolute Gasteiger partial charge is 0.228 e. The van der Waals surface area contributed by atoms with Crippen molar-refractivity contribution in [2.24, 2.45) is 17.1 Å². The van der Waals surface area contributed by atoms with Gasteiger partial charge in [0.05, 0.1) is 12.0 Å². The zero-order chi connectivity index (χ0) is 13.8. The number of carbonyl (C=O) groups excluding carboxylic acids is 1. The average molecular weight is 256 g/mol. The Morgan fingerprint density at radius 3 is 2.61 bits per heavy atom. The predicted octanol–water partition coefficient (Wildman–Crippen LogP) is 1.63. The lowest BCUT2D eigenvalue weighted by Crippen LogP contribution is -2.45. The van der Waals surface area contributed by atoms with Crippen LogP contribution in [-0.2, 0) is 9.53 Å². The fraction of sp³-hybridized carbons (Fsp3) is 0.929. The van der Waals surface area contributed by atoms with Gasteiger partial charge >= 0.3 is 0 Å². The van der Waals surface area contributed by atoms with Crippen LogP contribution in [0.1, 0.15) is 40.5 Å². The van der Waals surface area contributed by atoms with E-state index < -0.39 is 0 Å². The van der Waals surface area contributed by atoms with Crippen LogP contribution in [0.4, 0.5) is 0 Å².